The predicted molar refractivity (Wildman–Crippen MR) is 115 cm³/mol. The van der Waals surface area contributed by atoms with Crippen molar-refractivity contribution in [2.24, 2.45) is 5.92 Å². The fraction of sp³-hybridized carbons (Fsp3) is 0.364. The summed E-state index contributed by atoms with van der Waals surface area (Å²) in [6.07, 6.45) is -0.435. The summed E-state index contributed by atoms with van der Waals surface area (Å²) in [5.74, 6) is 1.43. The first-order valence-electron chi connectivity index (χ1n) is 9.48. The third-order valence-corrected chi connectivity index (χ3v) is 4.03. The lowest BCUT2D eigenvalue weighted by atomic mass is 10.1. The van der Waals surface area contributed by atoms with Gasteiger partial charge in [-0.2, -0.15) is 0 Å². The molecule has 0 fully saturated rings. The Bertz CT molecular complexity index is 857. The van der Waals surface area contributed by atoms with E-state index in [1.165, 1.54) is 21.3 Å². The maximum absolute atomic E-state index is 12.5. The largest absolute Gasteiger partial charge is 0.493 e. The summed E-state index contributed by atoms with van der Waals surface area (Å²) in [4.78, 5) is 24.3. The van der Waals surface area contributed by atoms with Gasteiger partial charge in [0.1, 0.15) is 0 Å². The van der Waals surface area contributed by atoms with Crippen LogP contribution in [-0.4, -0.2) is 39.9 Å². The molecule has 0 aliphatic heterocycles. The van der Waals surface area contributed by atoms with Crippen LogP contribution in [0.3, 0.4) is 0 Å². The molecule has 8 nitrogen and oxygen atoms in total. The lowest BCUT2D eigenvalue weighted by Gasteiger charge is -2.14. The minimum atomic E-state index is -0.537. The number of benzene rings is 2. The molecular weight excluding hydrogens is 388 g/mol. The second-order valence-electron chi connectivity index (χ2n) is 6.96. The molecule has 0 bridgehead atoms. The van der Waals surface area contributed by atoms with Crippen molar-refractivity contribution in [2.45, 2.75) is 20.3 Å². The van der Waals surface area contributed by atoms with E-state index in [0.29, 0.717) is 40.8 Å². The maximum Gasteiger partial charge on any atom is 0.411 e. The van der Waals surface area contributed by atoms with Crippen molar-refractivity contribution < 1.29 is 28.5 Å². The van der Waals surface area contributed by atoms with Crippen molar-refractivity contribution in [1.82, 2.24) is 0 Å². The van der Waals surface area contributed by atoms with Gasteiger partial charge in [-0.15, -0.1) is 0 Å². The molecule has 0 radical (unpaired) electrons. The van der Waals surface area contributed by atoms with Gasteiger partial charge in [0.2, 0.25) is 11.7 Å². The van der Waals surface area contributed by atoms with E-state index < -0.39 is 6.09 Å². The Labute approximate surface area is 176 Å². The average molecular weight is 416 g/mol. The van der Waals surface area contributed by atoms with E-state index in [1.54, 1.807) is 36.4 Å². The van der Waals surface area contributed by atoms with Gasteiger partial charge in [-0.25, -0.2) is 4.79 Å². The van der Waals surface area contributed by atoms with Crippen molar-refractivity contribution in [3.8, 4) is 17.2 Å². The highest BCUT2D eigenvalue weighted by Gasteiger charge is 2.15. The van der Waals surface area contributed by atoms with Gasteiger partial charge in [0.25, 0.3) is 0 Å². The molecule has 0 aliphatic rings. The molecule has 2 amide bonds. The topological polar surface area (TPSA) is 95.1 Å². The number of rotatable bonds is 9. The quantitative estimate of drug-likeness (QED) is 0.639. The summed E-state index contributed by atoms with van der Waals surface area (Å²) in [5.41, 5.74) is 1.77. The molecule has 30 heavy (non-hydrogen) atoms. The van der Waals surface area contributed by atoms with E-state index in [2.05, 4.69) is 10.6 Å². The Hall–Kier alpha value is -3.42. The fourth-order valence-corrected chi connectivity index (χ4v) is 2.70. The Morgan fingerprint density at radius 1 is 0.900 bits per heavy atom. The molecule has 0 saturated heterocycles. The van der Waals surface area contributed by atoms with E-state index >= 15 is 0 Å². The number of nitrogens with one attached hydrogen (secondary N) is 2. The van der Waals surface area contributed by atoms with Crippen molar-refractivity contribution in [3.63, 3.8) is 0 Å². The molecule has 162 valence electrons. The lowest BCUT2D eigenvalue weighted by Crippen LogP contribution is -2.17. The Kier molecular flexibility index (Phi) is 8.34. The van der Waals surface area contributed by atoms with Crippen LogP contribution in [-0.2, 0) is 16.0 Å². The van der Waals surface area contributed by atoms with Gasteiger partial charge in [-0.3, -0.25) is 10.1 Å². The van der Waals surface area contributed by atoms with E-state index in [1.807, 2.05) is 13.8 Å². The molecule has 0 aliphatic carbocycles. The smallest absolute Gasteiger partial charge is 0.411 e. The number of carbonyl (C=O) groups excluding carboxylic acids is 2. The maximum atomic E-state index is 12.5. The molecule has 0 saturated carbocycles. The number of anilines is 2. The van der Waals surface area contributed by atoms with E-state index in [9.17, 15) is 9.59 Å². The molecule has 2 aromatic rings. The molecule has 8 heteroatoms. The van der Waals surface area contributed by atoms with E-state index in [0.717, 1.165) is 0 Å². The van der Waals surface area contributed by atoms with Gasteiger partial charge in [0.05, 0.1) is 34.4 Å². The SMILES string of the molecule is COc1cc(CC(=O)Nc2cccc(NC(=O)OCC(C)C)c2)cc(OC)c1OC. The van der Waals surface area contributed by atoms with Crippen LogP contribution < -0.4 is 24.8 Å². The Morgan fingerprint density at radius 3 is 2.03 bits per heavy atom. The minimum absolute atomic E-state index is 0.102. The molecule has 0 spiro atoms. The van der Waals surface area contributed by atoms with Crippen molar-refractivity contribution in [1.29, 1.82) is 0 Å². The van der Waals surface area contributed by atoms with Crippen LogP contribution >= 0.6 is 0 Å². The van der Waals surface area contributed by atoms with Crippen LogP contribution in [0.1, 0.15) is 19.4 Å². The van der Waals surface area contributed by atoms with Crippen LogP contribution in [0, 0.1) is 5.92 Å². The normalized spacial score (nSPS) is 10.3. The fourth-order valence-electron chi connectivity index (χ4n) is 2.70. The summed E-state index contributed by atoms with van der Waals surface area (Å²) in [6.45, 7) is 4.24. The molecule has 2 aromatic carbocycles. The highest BCUT2D eigenvalue weighted by Crippen LogP contribution is 2.38. The van der Waals surface area contributed by atoms with Crippen LogP contribution in [0.5, 0.6) is 17.2 Å². The number of amides is 2. The zero-order chi connectivity index (χ0) is 22.1. The van der Waals surface area contributed by atoms with Gasteiger partial charge >= 0.3 is 6.09 Å². The van der Waals surface area contributed by atoms with Crippen molar-refractivity contribution >= 4 is 23.4 Å². The lowest BCUT2D eigenvalue weighted by molar-refractivity contribution is -0.115. The predicted octanol–water partition coefficient (Wildman–Crippen LogP) is 4.10. The van der Waals surface area contributed by atoms with Crippen LogP contribution in [0.4, 0.5) is 16.2 Å². The second-order valence-corrected chi connectivity index (χ2v) is 6.96. The molecule has 0 atom stereocenters. The summed E-state index contributed by atoms with van der Waals surface area (Å²) in [5, 5.41) is 5.46. The average Bonchev–Trinajstić information content (AvgIpc) is 2.71. The molecule has 0 heterocycles. The summed E-state index contributed by atoms with van der Waals surface area (Å²) >= 11 is 0. The van der Waals surface area contributed by atoms with E-state index in [4.69, 9.17) is 18.9 Å². The summed E-state index contributed by atoms with van der Waals surface area (Å²) in [7, 11) is 4.56. The molecule has 2 N–H and O–H groups in total. The Morgan fingerprint density at radius 2 is 1.50 bits per heavy atom. The zero-order valence-electron chi connectivity index (χ0n) is 17.9. The highest BCUT2D eigenvalue weighted by atomic mass is 16.5. The number of hydrogen-bond donors (Lipinski definition) is 2. The minimum Gasteiger partial charge on any atom is -0.493 e. The number of methoxy groups -OCH3 is 3. The number of carbonyl (C=O) groups is 2. The van der Waals surface area contributed by atoms with Gasteiger partial charge in [0.15, 0.2) is 11.5 Å². The van der Waals surface area contributed by atoms with Crippen LogP contribution in [0.15, 0.2) is 36.4 Å². The van der Waals surface area contributed by atoms with E-state index in [-0.39, 0.29) is 18.2 Å². The number of ether oxygens (including phenoxy) is 4. The zero-order valence-corrected chi connectivity index (χ0v) is 17.9. The molecule has 2 rings (SSSR count). The first kappa shape index (κ1) is 22.9. The van der Waals surface area contributed by atoms with Gasteiger partial charge in [-0.05, 0) is 41.8 Å². The molecule has 0 aromatic heterocycles. The molecular formula is C22H28N2O6. The van der Waals surface area contributed by atoms with Crippen LogP contribution in [0.25, 0.3) is 0 Å². The summed E-state index contributed by atoms with van der Waals surface area (Å²) < 4.78 is 21.0. The van der Waals surface area contributed by atoms with Gasteiger partial charge in [-0.1, -0.05) is 19.9 Å². The third-order valence-electron chi connectivity index (χ3n) is 4.03. The summed E-state index contributed by atoms with van der Waals surface area (Å²) in [6, 6.07) is 10.3. The first-order chi connectivity index (χ1) is 14.4. The monoisotopic (exact) mass is 416 g/mol. The van der Waals surface area contributed by atoms with Crippen molar-refractivity contribution in [3.05, 3.63) is 42.0 Å². The number of hydrogen-bond acceptors (Lipinski definition) is 6. The highest BCUT2D eigenvalue weighted by molar-refractivity contribution is 5.93. The first-order valence-corrected chi connectivity index (χ1v) is 9.48. The third kappa shape index (κ3) is 6.58. The second kappa shape index (κ2) is 10.9. The van der Waals surface area contributed by atoms with Crippen molar-refractivity contribution in [2.75, 3.05) is 38.6 Å². The standard InChI is InChI=1S/C22H28N2O6/c1-14(2)13-30-22(26)24-17-8-6-7-16(12-17)23-20(25)11-15-9-18(27-3)21(29-5)19(10-15)28-4/h6-10,12,14H,11,13H2,1-5H3,(H,23,25)(H,24,26). The van der Waals surface area contributed by atoms with Gasteiger partial charge < -0.3 is 24.3 Å². The molecule has 0 unspecified atom stereocenters. The van der Waals surface area contributed by atoms with Crippen LogP contribution in [0.2, 0.25) is 0 Å². The van der Waals surface area contributed by atoms with Gasteiger partial charge in [0, 0.05) is 11.4 Å². The Balaban J connectivity index is 2.04.